The smallest absolute Gasteiger partial charge is 0.121 e. The molecule has 68 valence electrons. The van der Waals surface area contributed by atoms with Crippen molar-refractivity contribution in [2.75, 3.05) is 6.54 Å². The van der Waals surface area contributed by atoms with Crippen molar-refractivity contribution in [2.45, 2.75) is 26.3 Å². The molecule has 1 aromatic heterocycles. The van der Waals surface area contributed by atoms with Crippen LogP contribution in [0.15, 0.2) is 0 Å². The van der Waals surface area contributed by atoms with E-state index < -0.39 is 0 Å². The second kappa shape index (κ2) is 2.90. The number of hydrogen-bond acceptors (Lipinski definition) is 2. The van der Waals surface area contributed by atoms with Crippen molar-refractivity contribution in [3.8, 4) is 6.07 Å². The Kier molecular flexibility index (Phi) is 1.86. The van der Waals surface area contributed by atoms with Crippen molar-refractivity contribution >= 4 is 0 Å². The van der Waals surface area contributed by atoms with Crippen molar-refractivity contribution < 1.29 is 0 Å². The van der Waals surface area contributed by atoms with E-state index in [4.69, 9.17) is 5.26 Å². The minimum Gasteiger partial charge on any atom is -0.348 e. The van der Waals surface area contributed by atoms with E-state index in [9.17, 15) is 0 Å². The molecule has 1 aliphatic heterocycles. The molecule has 0 unspecified atom stereocenters. The van der Waals surface area contributed by atoms with Gasteiger partial charge in [0.15, 0.2) is 0 Å². The van der Waals surface area contributed by atoms with Gasteiger partial charge in [0.25, 0.3) is 0 Å². The molecule has 2 N–H and O–H groups in total. The van der Waals surface area contributed by atoms with Crippen LogP contribution in [-0.2, 0) is 0 Å². The van der Waals surface area contributed by atoms with Crippen molar-refractivity contribution in [3.63, 3.8) is 0 Å². The van der Waals surface area contributed by atoms with Crippen LogP contribution >= 0.6 is 0 Å². The van der Waals surface area contributed by atoms with Gasteiger partial charge in [-0.05, 0) is 37.9 Å². The molecule has 0 aliphatic carbocycles. The van der Waals surface area contributed by atoms with Crippen molar-refractivity contribution in [1.82, 2.24) is 10.3 Å². The van der Waals surface area contributed by atoms with Crippen LogP contribution in [-0.4, -0.2) is 11.5 Å². The number of nitrogens with one attached hydrogen (secondary N) is 2. The Balaban J connectivity index is 2.41. The maximum Gasteiger partial charge on any atom is 0.121 e. The average Bonchev–Trinajstić information content (AvgIpc) is 2.30. The molecule has 0 bridgehead atoms. The minimum absolute atomic E-state index is 0.445. The lowest BCUT2D eigenvalue weighted by atomic mass is 10.00. The Bertz CT molecular complexity index is 366. The number of nitriles is 1. The summed E-state index contributed by atoms with van der Waals surface area (Å²) in [5, 5.41) is 12.2. The van der Waals surface area contributed by atoms with Gasteiger partial charge in [-0.2, -0.15) is 5.26 Å². The quantitative estimate of drug-likeness (QED) is 0.680. The van der Waals surface area contributed by atoms with E-state index in [0.717, 1.165) is 12.1 Å². The third-order valence-electron chi connectivity index (χ3n) is 2.89. The molecule has 1 aromatic rings. The van der Waals surface area contributed by atoms with Crippen LogP contribution in [0, 0.1) is 25.2 Å². The first-order valence-corrected chi connectivity index (χ1v) is 4.56. The summed E-state index contributed by atoms with van der Waals surface area (Å²) in [6.07, 6.45) is 1.17. The number of H-pyrrole nitrogens is 1. The van der Waals surface area contributed by atoms with Crippen LogP contribution < -0.4 is 5.32 Å². The summed E-state index contributed by atoms with van der Waals surface area (Å²) in [6.45, 7) is 5.15. The highest BCUT2D eigenvalue weighted by molar-refractivity contribution is 5.42. The lowest BCUT2D eigenvalue weighted by Crippen LogP contribution is -2.35. The number of rotatable bonds is 1. The largest absolute Gasteiger partial charge is 0.348 e. The van der Waals surface area contributed by atoms with Crippen LogP contribution in [0.5, 0.6) is 0 Å². The SMILES string of the molecule is Cc1c(C#N)[nH]c([C@@H]2CCN2)c1C. The molecule has 0 radical (unpaired) electrons. The monoisotopic (exact) mass is 175 g/mol. The first kappa shape index (κ1) is 8.33. The molecule has 3 nitrogen and oxygen atoms in total. The van der Waals surface area contributed by atoms with Crippen LogP contribution in [0.25, 0.3) is 0 Å². The van der Waals surface area contributed by atoms with Crippen LogP contribution in [0.4, 0.5) is 0 Å². The molecule has 0 aromatic carbocycles. The second-order valence-electron chi connectivity index (χ2n) is 3.57. The van der Waals surface area contributed by atoms with Crippen LogP contribution in [0.1, 0.15) is 35.0 Å². The van der Waals surface area contributed by atoms with Crippen LogP contribution in [0.3, 0.4) is 0 Å². The summed E-state index contributed by atoms with van der Waals surface area (Å²) in [5.41, 5.74) is 4.22. The third kappa shape index (κ3) is 1.14. The van der Waals surface area contributed by atoms with E-state index in [1.807, 2.05) is 6.92 Å². The lowest BCUT2D eigenvalue weighted by Gasteiger charge is -2.27. The van der Waals surface area contributed by atoms with E-state index in [2.05, 4.69) is 23.3 Å². The van der Waals surface area contributed by atoms with Gasteiger partial charge in [-0.25, -0.2) is 0 Å². The Morgan fingerprint density at radius 3 is 2.46 bits per heavy atom. The van der Waals surface area contributed by atoms with Gasteiger partial charge in [0.2, 0.25) is 0 Å². The Morgan fingerprint density at radius 1 is 1.38 bits per heavy atom. The van der Waals surface area contributed by atoms with Gasteiger partial charge in [-0.15, -0.1) is 0 Å². The van der Waals surface area contributed by atoms with E-state index in [1.54, 1.807) is 0 Å². The van der Waals surface area contributed by atoms with Crippen molar-refractivity contribution in [1.29, 1.82) is 5.26 Å². The molecule has 0 saturated carbocycles. The first-order valence-electron chi connectivity index (χ1n) is 4.56. The summed E-state index contributed by atoms with van der Waals surface area (Å²) >= 11 is 0. The molecule has 1 aliphatic rings. The number of nitrogens with zero attached hydrogens (tertiary/aromatic N) is 1. The highest BCUT2D eigenvalue weighted by atomic mass is 15.0. The lowest BCUT2D eigenvalue weighted by molar-refractivity contribution is 0.375. The summed E-state index contributed by atoms with van der Waals surface area (Å²) in [4.78, 5) is 3.18. The predicted molar refractivity (Wildman–Crippen MR) is 50.3 cm³/mol. The molecular weight excluding hydrogens is 162 g/mol. The van der Waals surface area contributed by atoms with E-state index in [-0.39, 0.29) is 0 Å². The molecule has 1 fully saturated rings. The maximum atomic E-state index is 8.83. The Labute approximate surface area is 77.8 Å². The minimum atomic E-state index is 0.445. The maximum absolute atomic E-state index is 8.83. The van der Waals surface area contributed by atoms with Crippen molar-refractivity contribution in [2.24, 2.45) is 0 Å². The molecule has 2 heterocycles. The van der Waals surface area contributed by atoms with Gasteiger partial charge in [0.1, 0.15) is 11.8 Å². The molecule has 13 heavy (non-hydrogen) atoms. The summed E-state index contributed by atoms with van der Waals surface area (Å²) in [5.74, 6) is 0. The van der Waals surface area contributed by atoms with Gasteiger partial charge in [0, 0.05) is 11.7 Å². The topological polar surface area (TPSA) is 51.6 Å². The van der Waals surface area contributed by atoms with Crippen LogP contribution in [0.2, 0.25) is 0 Å². The first-order chi connectivity index (χ1) is 6.24. The zero-order valence-electron chi connectivity index (χ0n) is 7.94. The highest BCUT2D eigenvalue weighted by Gasteiger charge is 2.23. The molecule has 1 atom stereocenters. The van der Waals surface area contributed by atoms with Gasteiger partial charge >= 0.3 is 0 Å². The molecular formula is C10H13N3. The zero-order chi connectivity index (χ0) is 9.42. The molecule has 2 rings (SSSR count). The molecule has 1 saturated heterocycles. The fraction of sp³-hybridized carbons (Fsp3) is 0.500. The molecule has 0 spiro atoms. The summed E-state index contributed by atoms with van der Waals surface area (Å²) in [6, 6.07) is 2.62. The predicted octanol–water partition coefficient (Wildman–Crippen LogP) is 1.54. The van der Waals surface area contributed by atoms with Gasteiger partial charge in [0.05, 0.1) is 0 Å². The standard InChI is InChI=1S/C10H13N3/c1-6-7(2)10(8-3-4-12-8)13-9(6)5-11/h8,12-13H,3-4H2,1-2H3/t8-/m0/s1. The van der Waals surface area contributed by atoms with Gasteiger partial charge < -0.3 is 10.3 Å². The average molecular weight is 175 g/mol. The molecule has 3 heteroatoms. The fourth-order valence-corrected chi connectivity index (χ4v) is 1.71. The Morgan fingerprint density at radius 2 is 2.08 bits per heavy atom. The number of aromatic nitrogens is 1. The number of aromatic amines is 1. The zero-order valence-corrected chi connectivity index (χ0v) is 7.94. The summed E-state index contributed by atoms with van der Waals surface area (Å²) < 4.78 is 0. The van der Waals surface area contributed by atoms with Crippen molar-refractivity contribution in [3.05, 3.63) is 22.5 Å². The number of hydrogen-bond donors (Lipinski definition) is 2. The summed E-state index contributed by atoms with van der Waals surface area (Å²) in [7, 11) is 0. The highest BCUT2D eigenvalue weighted by Crippen LogP contribution is 2.27. The molecule has 0 amide bonds. The third-order valence-corrected chi connectivity index (χ3v) is 2.89. The Hall–Kier alpha value is -1.27. The fourth-order valence-electron chi connectivity index (χ4n) is 1.71. The van der Waals surface area contributed by atoms with E-state index in [0.29, 0.717) is 11.7 Å². The van der Waals surface area contributed by atoms with Gasteiger partial charge in [-0.3, -0.25) is 0 Å². The normalized spacial score (nSPS) is 20.8. The van der Waals surface area contributed by atoms with E-state index >= 15 is 0 Å². The second-order valence-corrected chi connectivity index (χ2v) is 3.57. The van der Waals surface area contributed by atoms with Gasteiger partial charge in [-0.1, -0.05) is 0 Å². The van der Waals surface area contributed by atoms with E-state index in [1.165, 1.54) is 17.7 Å².